The third-order valence-corrected chi connectivity index (χ3v) is 5.44. The van der Waals surface area contributed by atoms with Crippen LogP contribution in [0.5, 0.6) is 0 Å². The third-order valence-electron chi connectivity index (χ3n) is 4.96. The van der Waals surface area contributed by atoms with E-state index in [4.69, 9.17) is 11.6 Å². The minimum atomic E-state index is 0.242. The van der Waals surface area contributed by atoms with Crippen LogP contribution in [0.4, 0.5) is 0 Å². The molecule has 1 aliphatic rings. The smallest absolute Gasteiger partial charge is 0.0596 e. The number of aromatic nitrogens is 2. The van der Waals surface area contributed by atoms with Gasteiger partial charge in [-0.15, -0.1) is 11.6 Å². The lowest BCUT2D eigenvalue weighted by Crippen LogP contribution is -2.37. The first-order chi connectivity index (χ1) is 9.33. The van der Waals surface area contributed by atoms with E-state index in [1.807, 2.05) is 0 Å². The first-order valence-electron chi connectivity index (χ1n) is 8.01. The molecule has 0 N–H and O–H groups in total. The predicted octanol–water partition coefficient (Wildman–Crippen LogP) is 4.82. The number of hydrogen-bond donors (Lipinski definition) is 0. The van der Waals surface area contributed by atoms with Gasteiger partial charge in [0.2, 0.25) is 0 Å². The van der Waals surface area contributed by atoms with Crippen molar-refractivity contribution in [2.45, 2.75) is 72.2 Å². The maximum atomic E-state index is 6.68. The van der Waals surface area contributed by atoms with Crippen molar-refractivity contribution in [3.05, 3.63) is 17.5 Å². The summed E-state index contributed by atoms with van der Waals surface area (Å²) >= 11 is 6.68. The quantitative estimate of drug-likeness (QED) is 0.728. The molecule has 0 aliphatic heterocycles. The Bertz CT molecular complexity index is 450. The molecular formula is C17H29ClN2. The lowest BCUT2D eigenvalue weighted by atomic mass is 9.67. The lowest BCUT2D eigenvalue weighted by molar-refractivity contribution is 0.139. The monoisotopic (exact) mass is 296 g/mol. The Morgan fingerprint density at radius 3 is 2.70 bits per heavy atom. The van der Waals surface area contributed by atoms with Crippen molar-refractivity contribution in [1.82, 2.24) is 9.78 Å². The van der Waals surface area contributed by atoms with Gasteiger partial charge in [-0.3, -0.25) is 4.68 Å². The first kappa shape index (κ1) is 15.9. The second-order valence-electron chi connectivity index (χ2n) is 7.30. The number of aryl methyl sites for hydroxylation is 2. The molecule has 2 rings (SSSR count). The van der Waals surface area contributed by atoms with Crippen molar-refractivity contribution >= 4 is 11.6 Å². The number of hydrogen-bond acceptors (Lipinski definition) is 1. The zero-order valence-corrected chi connectivity index (χ0v) is 14.4. The summed E-state index contributed by atoms with van der Waals surface area (Å²) in [4.78, 5) is 0. The van der Waals surface area contributed by atoms with Gasteiger partial charge >= 0.3 is 0 Å². The molecule has 1 heterocycles. The van der Waals surface area contributed by atoms with E-state index >= 15 is 0 Å². The highest BCUT2D eigenvalue weighted by atomic mass is 35.5. The molecule has 0 saturated heterocycles. The molecule has 1 saturated carbocycles. The SMILES string of the molecule is CCn1nc(C)cc1CC(C)(C)C1CCC(C)CC1Cl. The lowest BCUT2D eigenvalue weighted by Gasteiger charge is -2.42. The predicted molar refractivity (Wildman–Crippen MR) is 86.3 cm³/mol. The number of halogens is 1. The van der Waals surface area contributed by atoms with Crippen LogP contribution in [0.2, 0.25) is 0 Å². The van der Waals surface area contributed by atoms with Gasteiger partial charge in [-0.1, -0.05) is 27.2 Å². The van der Waals surface area contributed by atoms with Crippen LogP contribution < -0.4 is 0 Å². The van der Waals surface area contributed by atoms with Gasteiger partial charge in [-0.05, 0) is 56.4 Å². The summed E-state index contributed by atoms with van der Waals surface area (Å²) < 4.78 is 2.14. The highest BCUT2D eigenvalue weighted by Gasteiger charge is 2.38. The second kappa shape index (κ2) is 6.09. The molecule has 3 heteroatoms. The normalized spacial score (nSPS) is 27.8. The summed E-state index contributed by atoms with van der Waals surface area (Å²) in [5, 5.41) is 4.90. The van der Waals surface area contributed by atoms with Gasteiger partial charge in [0.05, 0.1) is 5.69 Å². The van der Waals surface area contributed by atoms with Crippen molar-refractivity contribution in [2.24, 2.45) is 17.3 Å². The summed E-state index contributed by atoms with van der Waals surface area (Å²) in [6.45, 7) is 12.3. The van der Waals surface area contributed by atoms with Crippen molar-refractivity contribution < 1.29 is 0 Å². The average Bonchev–Trinajstić information content (AvgIpc) is 2.67. The fourth-order valence-corrected chi connectivity index (χ4v) is 4.58. The molecule has 0 amide bonds. The third kappa shape index (κ3) is 3.39. The maximum absolute atomic E-state index is 6.68. The van der Waals surface area contributed by atoms with Gasteiger partial charge in [-0.25, -0.2) is 0 Å². The van der Waals surface area contributed by atoms with Gasteiger partial charge in [0.15, 0.2) is 0 Å². The molecule has 1 fully saturated rings. The van der Waals surface area contributed by atoms with Gasteiger partial charge in [0.25, 0.3) is 0 Å². The zero-order chi connectivity index (χ0) is 14.9. The Kier molecular flexibility index (Phi) is 4.84. The molecule has 2 nitrogen and oxygen atoms in total. The Morgan fingerprint density at radius 1 is 1.40 bits per heavy atom. The molecule has 0 radical (unpaired) electrons. The largest absolute Gasteiger partial charge is 0.270 e. The van der Waals surface area contributed by atoms with Crippen molar-refractivity contribution in [1.29, 1.82) is 0 Å². The Hall–Kier alpha value is -0.500. The van der Waals surface area contributed by atoms with E-state index in [1.165, 1.54) is 25.0 Å². The average molecular weight is 297 g/mol. The zero-order valence-electron chi connectivity index (χ0n) is 13.6. The van der Waals surface area contributed by atoms with Crippen LogP contribution in [0.15, 0.2) is 6.07 Å². The molecule has 1 aliphatic carbocycles. The van der Waals surface area contributed by atoms with Crippen LogP contribution in [0.25, 0.3) is 0 Å². The second-order valence-corrected chi connectivity index (χ2v) is 7.86. The van der Waals surface area contributed by atoms with Gasteiger partial charge in [0, 0.05) is 17.6 Å². The summed E-state index contributed by atoms with van der Waals surface area (Å²) in [5.74, 6) is 1.40. The summed E-state index contributed by atoms with van der Waals surface area (Å²) in [7, 11) is 0. The van der Waals surface area contributed by atoms with Crippen molar-refractivity contribution in [3.8, 4) is 0 Å². The van der Waals surface area contributed by atoms with Crippen molar-refractivity contribution in [2.75, 3.05) is 0 Å². The minimum Gasteiger partial charge on any atom is -0.270 e. The van der Waals surface area contributed by atoms with Gasteiger partial charge in [-0.2, -0.15) is 5.10 Å². The number of alkyl halides is 1. The van der Waals surface area contributed by atoms with E-state index in [1.54, 1.807) is 0 Å². The number of rotatable bonds is 4. The van der Waals surface area contributed by atoms with Gasteiger partial charge in [0.1, 0.15) is 0 Å². The van der Waals surface area contributed by atoms with Crippen LogP contribution in [-0.4, -0.2) is 15.2 Å². The summed E-state index contributed by atoms with van der Waals surface area (Å²) in [6.07, 6.45) is 4.83. The minimum absolute atomic E-state index is 0.242. The van der Waals surface area contributed by atoms with Crippen LogP contribution >= 0.6 is 11.6 Å². The molecule has 0 spiro atoms. The Balaban J connectivity index is 2.13. The van der Waals surface area contributed by atoms with E-state index in [2.05, 4.69) is 50.5 Å². The fraction of sp³-hybridized carbons (Fsp3) is 0.824. The van der Waals surface area contributed by atoms with Gasteiger partial charge < -0.3 is 0 Å². The molecule has 1 aromatic rings. The van der Waals surface area contributed by atoms with E-state index in [-0.39, 0.29) is 5.41 Å². The van der Waals surface area contributed by atoms with E-state index in [0.717, 1.165) is 24.6 Å². The van der Waals surface area contributed by atoms with E-state index in [9.17, 15) is 0 Å². The molecular weight excluding hydrogens is 268 g/mol. The molecule has 3 atom stereocenters. The molecule has 114 valence electrons. The summed E-state index contributed by atoms with van der Waals surface area (Å²) in [6, 6.07) is 2.24. The van der Waals surface area contributed by atoms with E-state index < -0.39 is 0 Å². The van der Waals surface area contributed by atoms with E-state index in [0.29, 0.717) is 11.3 Å². The molecule has 3 unspecified atom stereocenters. The molecule has 1 aromatic heterocycles. The fourth-order valence-electron chi connectivity index (χ4n) is 3.80. The molecule has 0 bridgehead atoms. The van der Waals surface area contributed by atoms with Crippen LogP contribution in [-0.2, 0) is 13.0 Å². The summed E-state index contributed by atoms with van der Waals surface area (Å²) in [5.41, 5.74) is 2.72. The molecule has 20 heavy (non-hydrogen) atoms. The highest BCUT2D eigenvalue weighted by molar-refractivity contribution is 6.20. The Labute approximate surface area is 128 Å². The highest BCUT2D eigenvalue weighted by Crippen LogP contribution is 2.44. The Morgan fingerprint density at radius 2 is 2.10 bits per heavy atom. The van der Waals surface area contributed by atoms with Crippen LogP contribution in [0.1, 0.15) is 58.3 Å². The topological polar surface area (TPSA) is 17.8 Å². The molecule has 0 aromatic carbocycles. The first-order valence-corrected chi connectivity index (χ1v) is 8.44. The number of nitrogens with zero attached hydrogens (tertiary/aromatic N) is 2. The van der Waals surface area contributed by atoms with Crippen LogP contribution in [0, 0.1) is 24.2 Å². The van der Waals surface area contributed by atoms with Crippen LogP contribution in [0.3, 0.4) is 0 Å². The maximum Gasteiger partial charge on any atom is 0.0596 e. The standard InChI is InChI=1S/C17H29ClN2/c1-6-20-14(10-13(3)19-20)11-17(4,5)15-8-7-12(2)9-16(15)18/h10,12,15-16H,6-9,11H2,1-5H3. The van der Waals surface area contributed by atoms with Crippen molar-refractivity contribution in [3.63, 3.8) is 0 Å².